The second-order valence-corrected chi connectivity index (χ2v) is 11.3. The lowest BCUT2D eigenvalue weighted by Crippen LogP contribution is -2.47. The van der Waals surface area contributed by atoms with Crippen molar-refractivity contribution in [1.29, 1.82) is 0 Å². The number of amides is 1. The Morgan fingerprint density at radius 1 is 1.03 bits per heavy atom. The van der Waals surface area contributed by atoms with Crippen molar-refractivity contribution in [2.45, 2.75) is 36.6 Å². The Morgan fingerprint density at radius 3 is 2.58 bits per heavy atom. The fourth-order valence-electron chi connectivity index (χ4n) is 5.33. The van der Waals surface area contributed by atoms with Crippen LogP contribution in [0, 0.1) is 0 Å². The van der Waals surface area contributed by atoms with Crippen LogP contribution in [0.1, 0.15) is 35.5 Å². The van der Waals surface area contributed by atoms with E-state index < -0.39 is 0 Å². The van der Waals surface area contributed by atoms with Crippen LogP contribution in [0.4, 0.5) is 0 Å². The first-order valence-electron chi connectivity index (χ1n) is 12.7. The van der Waals surface area contributed by atoms with Gasteiger partial charge in [0.2, 0.25) is 0 Å². The molecule has 2 aromatic carbocycles. The van der Waals surface area contributed by atoms with Gasteiger partial charge in [0.05, 0.1) is 36.8 Å². The summed E-state index contributed by atoms with van der Waals surface area (Å²) < 4.78 is 13.3. The van der Waals surface area contributed by atoms with Crippen molar-refractivity contribution in [2.24, 2.45) is 0 Å². The molecule has 0 aliphatic carbocycles. The van der Waals surface area contributed by atoms with Crippen LogP contribution in [0.2, 0.25) is 0 Å². The van der Waals surface area contributed by atoms with E-state index in [1.807, 2.05) is 9.58 Å². The fourth-order valence-corrected chi connectivity index (χ4v) is 6.39. The topological polar surface area (TPSA) is 59.8 Å². The van der Waals surface area contributed by atoms with Gasteiger partial charge >= 0.3 is 0 Å². The predicted molar refractivity (Wildman–Crippen MR) is 141 cm³/mol. The molecule has 7 nitrogen and oxygen atoms in total. The summed E-state index contributed by atoms with van der Waals surface area (Å²) in [4.78, 5) is 19.1. The van der Waals surface area contributed by atoms with Gasteiger partial charge < -0.3 is 14.4 Å². The van der Waals surface area contributed by atoms with Crippen LogP contribution in [0.25, 0.3) is 16.9 Å². The normalized spacial score (nSPS) is 19.6. The van der Waals surface area contributed by atoms with Gasteiger partial charge in [-0.3, -0.25) is 9.69 Å². The zero-order chi connectivity index (χ0) is 24.7. The van der Waals surface area contributed by atoms with Gasteiger partial charge in [0, 0.05) is 54.5 Å². The maximum absolute atomic E-state index is 13.5. The van der Waals surface area contributed by atoms with E-state index >= 15 is 0 Å². The van der Waals surface area contributed by atoms with E-state index in [0.29, 0.717) is 32.0 Å². The van der Waals surface area contributed by atoms with Crippen LogP contribution < -0.4 is 0 Å². The Morgan fingerprint density at radius 2 is 1.81 bits per heavy atom. The number of hydrogen-bond acceptors (Lipinski definition) is 6. The van der Waals surface area contributed by atoms with Crippen molar-refractivity contribution >= 4 is 17.7 Å². The number of morpholine rings is 2. The average molecular weight is 505 g/mol. The van der Waals surface area contributed by atoms with Crippen molar-refractivity contribution in [3.05, 3.63) is 65.4 Å². The molecule has 36 heavy (non-hydrogen) atoms. The highest BCUT2D eigenvalue weighted by atomic mass is 32.2. The Kier molecular flexibility index (Phi) is 6.37. The smallest absolute Gasteiger partial charge is 0.274 e. The van der Waals surface area contributed by atoms with Gasteiger partial charge in [0.25, 0.3) is 5.91 Å². The Bertz CT molecular complexity index is 1260. The molecule has 0 saturated carbocycles. The average Bonchev–Trinajstić information content (AvgIpc) is 3.29. The van der Waals surface area contributed by atoms with Crippen molar-refractivity contribution in [3.63, 3.8) is 0 Å². The van der Waals surface area contributed by atoms with Crippen molar-refractivity contribution in [1.82, 2.24) is 19.6 Å². The van der Waals surface area contributed by atoms with Gasteiger partial charge in [-0.05, 0) is 37.6 Å². The summed E-state index contributed by atoms with van der Waals surface area (Å²) in [5, 5.41) is 4.94. The fraction of sp³-hybridized carbons (Fsp3) is 0.429. The largest absolute Gasteiger partial charge is 0.378 e. The summed E-state index contributed by atoms with van der Waals surface area (Å²) in [6.45, 7) is 10.2. The maximum Gasteiger partial charge on any atom is 0.274 e. The van der Waals surface area contributed by atoms with E-state index in [4.69, 9.17) is 14.6 Å². The van der Waals surface area contributed by atoms with Crippen molar-refractivity contribution in [3.8, 4) is 16.9 Å². The molecular weight excluding hydrogens is 472 g/mol. The third kappa shape index (κ3) is 4.59. The number of thioether (sulfide) groups is 1. The van der Waals surface area contributed by atoms with E-state index in [2.05, 4.69) is 67.3 Å². The molecule has 3 aromatic rings. The molecule has 188 valence electrons. The summed E-state index contributed by atoms with van der Waals surface area (Å²) in [5.74, 6) is 0.739. The first-order valence-corrected chi connectivity index (χ1v) is 13.6. The molecule has 3 aliphatic heterocycles. The minimum Gasteiger partial charge on any atom is -0.378 e. The molecule has 6 rings (SSSR count). The van der Waals surface area contributed by atoms with Gasteiger partial charge in [-0.2, -0.15) is 5.10 Å². The number of hydrogen-bond donors (Lipinski definition) is 0. The van der Waals surface area contributed by atoms with E-state index in [1.165, 1.54) is 10.5 Å². The lowest BCUT2D eigenvalue weighted by molar-refractivity contribution is -0.0882. The monoisotopic (exact) mass is 504 g/mol. The van der Waals surface area contributed by atoms with Crippen LogP contribution >= 0.6 is 11.8 Å². The SMILES string of the molecule is CC1(C)CN(Cc2ccc(-n3nc(C(=O)N4CCOCC4)c4c3-c3ccccc3SC4)cc2)CCO1. The summed E-state index contributed by atoms with van der Waals surface area (Å²) in [6.07, 6.45) is 0. The second-order valence-electron chi connectivity index (χ2n) is 10.3. The molecule has 0 N–H and O–H groups in total. The first kappa shape index (κ1) is 23.7. The van der Waals surface area contributed by atoms with Crippen LogP contribution in [0.15, 0.2) is 53.4 Å². The number of carbonyl (C=O) groups is 1. The molecule has 0 unspecified atom stereocenters. The number of ether oxygens (including phenoxy) is 2. The van der Waals surface area contributed by atoms with Gasteiger partial charge in [0.15, 0.2) is 5.69 Å². The van der Waals surface area contributed by atoms with Gasteiger partial charge in [-0.15, -0.1) is 11.8 Å². The molecule has 0 bridgehead atoms. The number of nitrogens with zero attached hydrogens (tertiary/aromatic N) is 4. The second kappa shape index (κ2) is 9.67. The number of rotatable bonds is 4. The summed E-state index contributed by atoms with van der Waals surface area (Å²) in [7, 11) is 0. The molecule has 3 aliphatic rings. The summed E-state index contributed by atoms with van der Waals surface area (Å²) in [5.41, 5.74) is 5.88. The van der Waals surface area contributed by atoms with Crippen LogP contribution in [0.5, 0.6) is 0 Å². The maximum atomic E-state index is 13.5. The van der Waals surface area contributed by atoms with Gasteiger partial charge in [-0.25, -0.2) is 4.68 Å². The lowest BCUT2D eigenvalue weighted by atomic mass is 10.0. The Hall–Kier alpha value is -2.65. The molecule has 1 amide bonds. The molecule has 8 heteroatoms. The zero-order valence-electron chi connectivity index (χ0n) is 20.9. The van der Waals surface area contributed by atoms with E-state index in [0.717, 1.165) is 54.5 Å². The minimum atomic E-state index is -0.110. The zero-order valence-corrected chi connectivity index (χ0v) is 21.7. The standard InChI is InChI=1S/C28H32N4O3S/c1-28(2)19-30(11-16-35-28)17-20-7-9-21(10-8-20)32-26-22-5-3-4-6-24(22)36-18-23(26)25(29-32)27(33)31-12-14-34-15-13-31/h3-10H,11-19H2,1-2H3. The molecule has 0 atom stereocenters. The number of carbonyl (C=O) groups excluding carboxylic acids is 1. The first-order chi connectivity index (χ1) is 17.5. The molecule has 0 radical (unpaired) electrons. The Balaban J connectivity index is 1.34. The van der Waals surface area contributed by atoms with E-state index in [9.17, 15) is 4.79 Å². The molecule has 1 aromatic heterocycles. The Labute approximate surface area is 216 Å². The highest BCUT2D eigenvalue weighted by Crippen LogP contribution is 2.43. The summed E-state index contributed by atoms with van der Waals surface area (Å²) in [6, 6.07) is 17.0. The van der Waals surface area contributed by atoms with Gasteiger partial charge in [-0.1, -0.05) is 30.3 Å². The number of benzene rings is 2. The number of aromatic nitrogens is 2. The predicted octanol–water partition coefficient (Wildman–Crippen LogP) is 4.23. The highest BCUT2D eigenvalue weighted by Gasteiger charge is 2.32. The summed E-state index contributed by atoms with van der Waals surface area (Å²) >= 11 is 1.78. The number of fused-ring (bicyclic) bond motifs is 3. The van der Waals surface area contributed by atoms with Crippen LogP contribution in [0.3, 0.4) is 0 Å². The molecule has 2 fully saturated rings. The lowest BCUT2D eigenvalue weighted by Gasteiger charge is -2.38. The quantitative estimate of drug-likeness (QED) is 0.530. The van der Waals surface area contributed by atoms with Crippen molar-refractivity contribution < 1.29 is 14.3 Å². The van der Waals surface area contributed by atoms with Crippen LogP contribution in [-0.2, 0) is 21.8 Å². The molecule has 4 heterocycles. The van der Waals surface area contributed by atoms with Crippen molar-refractivity contribution in [2.75, 3.05) is 46.0 Å². The molecular formula is C28H32N4O3S. The van der Waals surface area contributed by atoms with E-state index in [-0.39, 0.29) is 11.5 Å². The van der Waals surface area contributed by atoms with E-state index in [1.54, 1.807) is 11.8 Å². The van der Waals surface area contributed by atoms with Gasteiger partial charge in [0.1, 0.15) is 0 Å². The third-order valence-electron chi connectivity index (χ3n) is 7.09. The third-order valence-corrected chi connectivity index (χ3v) is 8.19. The minimum absolute atomic E-state index is 0.000154. The molecule has 2 saturated heterocycles. The molecule has 0 spiro atoms. The highest BCUT2D eigenvalue weighted by molar-refractivity contribution is 7.98. The van der Waals surface area contributed by atoms with Crippen LogP contribution in [-0.4, -0.2) is 77.1 Å².